The molecule has 1 aromatic rings. The van der Waals surface area contributed by atoms with Crippen LogP contribution in [0.3, 0.4) is 0 Å². The zero-order chi connectivity index (χ0) is 12.0. The summed E-state index contributed by atoms with van der Waals surface area (Å²) >= 11 is 0. The third-order valence-corrected chi connectivity index (χ3v) is 2.43. The number of benzene rings is 1. The van der Waals surface area contributed by atoms with Crippen LogP contribution >= 0.6 is 0 Å². The van der Waals surface area contributed by atoms with Crippen LogP contribution in [0.1, 0.15) is 18.5 Å². The predicted octanol–water partition coefficient (Wildman–Crippen LogP) is 2.13. The maximum Gasteiger partial charge on any atom is 0.169 e. The lowest BCUT2D eigenvalue weighted by molar-refractivity contribution is 0.124. The number of hydrogen-bond donors (Lipinski definition) is 1. The van der Waals surface area contributed by atoms with Crippen LogP contribution in [0.25, 0.3) is 0 Å². The van der Waals surface area contributed by atoms with Gasteiger partial charge in [-0.2, -0.15) is 0 Å². The number of halogens is 1. The standard InChI is InChI=1S/C12H18FNO2/c1-4-16-8-10(14-2)9-6-5-7-11(15-3)12(9)13/h5-7,10,14H,4,8H2,1-3H3. The molecule has 1 aromatic carbocycles. The molecule has 0 aliphatic carbocycles. The quantitative estimate of drug-likeness (QED) is 0.807. The van der Waals surface area contributed by atoms with Crippen molar-refractivity contribution in [3.05, 3.63) is 29.6 Å². The molecule has 0 saturated heterocycles. The van der Waals surface area contributed by atoms with Gasteiger partial charge in [-0.15, -0.1) is 0 Å². The Morgan fingerprint density at radius 2 is 2.19 bits per heavy atom. The molecule has 0 fully saturated rings. The normalized spacial score (nSPS) is 12.5. The highest BCUT2D eigenvalue weighted by atomic mass is 19.1. The van der Waals surface area contributed by atoms with Gasteiger partial charge in [0.2, 0.25) is 0 Å². The van der Waals surface area contributed by atoms with Gasteiger partial charge in [-0.25, -0.2) is 4.39 Å². The van der Waals surface area contributed by atoms with Gasteiger partial charge in [0.05, 0.1) is 19.8 Å². The van der Waals surface area contributed by atoms with E-state index in [1.807, 2.05) is 6.92 Å². The third kappa shape index (κ3) is 2.93. The lowest BCUT2D eigenvalue weighted by atomic mass is 10.1. The van der Waals surface area contributed by atoms with Crippen molar-refractivity contribution in [1.82, 2.24) is 5.32 Å². The lowest BCUT2D eigenvalue weighted by Crippen LogP contribution is -2.23. The minimum Gasteiger partial charge on any atom is -0.494 e. The molecular weight excluding hydrogens is 209 g/mol. The summed E-state index contributed by atoms with van der Waals surface area (Å²) in [5.74, 6) is -0.0710. The van der Waals surface area contributed by atoms with Gasteiger partial charge in [-0.3, -0.25) is 0 Å². The van der Waals surface area contributed by atoms with Crippen molar-refractivity contribution >= 4 is 0 Å². The van der Waals surface area contributed by atoms with Crippen molar-refractivity contribution in [3.8, 4) is 5.75 Å². The molecule has 0 radical (unpaired) electrons. The van der Waals surface area contributed by atoms with E-state index in [2.05, 4.69) is 5.32 Å². The highest BCUT2D eigenvalue weighted by Gasteiger charge is 2.16. The van der Waals surface area contributed by atoms with E-state index < -0.39 is 0 Å². The van der Waals surface area contributed by atoms with Crippen LogP contribution < -0.4 is 10.1 Å². The van der Waals surface area contributed by atoms with E-state index in [0.717, 1.165) is 0 Å². The van der Waals surface area contributed by atoms with Crippen molar-refractivity contribution in [2.75, 3.05) is 27.4 Å². The summed E-state index contributed by atoms with van der Waals surface area (Å²) in [5.41, 5.74) is 0.565. The molecule has 1 atom stereocenters. The van der Waals surface area contributed by atoms with Gasteiger partial charge >= 0.3 is 0 Å². The first-order chi connectivity index (χ1) is 7.74. The Bertz CT molecular complexity index is 331. The Balaban J connectivity index is 2.91. The van der Waals surface area contributed by atoms with Crippen LogP contribution in [-0.2, 0) is 4.74 Å². The molecule has 1 rings (SSSR count). The van der Waals surface area contributed by atoms with E-state index in [1.54, 1.807) is 25.2 Å². The Labute approximate surface area is 95.6 Å². The first kappa shape index (κ1) is 12.9. The molecule has 0 bridgehead atoms. The Hall–Kier alpha value is -1.13. The summed E-state index contributed by atoms with van der Waals surface area (Å²) in [6, 6.07) is 4.95. The smallest absolute Gasteiger partial charge is 0.169 e. The van der Waals surface area contributed by atoms with Crippen LogP contribution in [0, 0.1) is 5.82 Å². The molecule has 16 heavy (non-hydrogen) atoms. The van der Waals surface area contributed by atoms with Gasteiger partial charge in [0.15, 0.2) is 11.6 Å². The third-order valence-electron chi connectivity index (χ3n) is 2.43. The molecular formula is C12H18FNO2. The molecule has 0 heterocycles. The van der Waals surface area contributed by atoms with Crippen LogP contribution in [0.4, 0.5) is 4.39 Å². The minimum absolute atomic E-state index is 0.157. The maximum atomic E-state index is 13.9. The number of likely N-dealkylation sites (N-methyl/N-ethyl adjacent to an activating group) is 1. The number of methoxy groups -OCH3 is 1. The van der Waals surface area contributed by atoms with E-state index in [4.69, 9.17) is 9.47 Å². The van der Waals surface area contributed by atoms with Gasteiger partial charge in [0.1, 0.15) is 0 Å². The van der Waals surface area contributed by atoms with Gasteiger partial charge < -0.3 is 14.8 Å². The SMILES string of the molecule is CCOCC(NC)c1cccc(OC)c1F. The van der Waals surface area contributed by atoms with E-state index >= 15 is 0 Å². The van der Waals surface area contributed by atoms with Crippen LogP contribution in [0.5, 0.6) is 5.75 Å². The molecule has 3 nitrogen and oxygen atoms in total. The van der Waals surface area contributed by atoms with E-state index in [-0.39, 0.29) is 17.6 Å². The summed E-state index contributed by atoms with van der Waals surface area (Å²) in [5, 5.41) is 3.02. The highest BCUT2D eigenvalue weighted by Crippen LogP contribution is 2.24. The van der Waals surface area contributed by atoms with Gasteiger partial charge in [-0.1, -0.05) is 12.1 Å². The van der Waals surface area contributed by atoms with Crippen molar-refractivity contribution in [2.24, 2.45) is 0 Å². The fourth-order valence-electron chi connectivity index (χ4n) is 1.52. The summed E-state index contributed by atoms with van der Waals surface area (Å²) in [6.45, 7) is 2.97. The zero-order valence-electron chi connectivity index (χ0n) is 9.92. The molecule has 0 amide bonds. The number of ether oxygens (including phenoxy) is 2. The Morgan fingerprint density at radius 3 is 2.75 bits per heavy atom. The van der Waals surface area contributed by atoms with Crippen molar-refractivity contribution in [2.45, 2.75) is 13.0 Å². The van der Waals surface area contributed by atoms with Crippen molar-refractivity contribution < 1.29 is 13.9 Å². The second-order valence-corrected chi connectivity index (χ2v) is 3.36. The molecule has 1 N–H and O–H groups in total. The summed E-state index contributed by atoms with van der Waals surface area (Å²) in [4.78, 5) is 0. The van der Waals surface area contributed by atoms with Crippen LogP contribution in [0.15, 0.2) is 18.2 Å². The number of rotatable bonds is 6. The lowest BCUT2D eigenvalue weighted by Gasteiger charge is -2.18. The Morgan fingerprint density at radius 1 is 1.44 bits per heavy atom. The van der Waals surface area contributed by atoms with E-state index in [9.17, 15) is 4.39 Å². The average Bonchev–Trinajstić information content (AvgIpc) is 2.32. The fourth-order valence-corrected chi connectivity index (χ4v) is 1.52. The molecule has 90 valence electrons. The second kappa shape index (κ2) is 6.45. The van der Waals surface area contributed by atoms with E-state index in [1.165, 1.54) is 7.11 Å². The average molecular weight is 227 g/mol. The first-order valence-corrected chi connectivity index (χ1v) is 5.32. The highest BCUT2D eigenvalue weighted by molar-refractivity contribution is 5.33. The minimum atomic E-state index is -0.330. The summed E-state index contributed by atoms with van der Waals surface area (Å²) in [6.07, 6.45) is 0. The fraction of sp³-hybridized carbons (Fsp3) is 0.500. The number of hydrogen-bond acceptors (Lipinski definition) is 3. The van der Waals surface area contributed by atoms with Gasteiger partial charge in [-0.05, 0) is 20.0 Å². The van der Waals surface area contributed by atoms with E-state index in [0.29, 0.717) is 18.8 Å². The molecule has 0 aliphatic rings. The van der Waals surface area contributed by atoms with Crippen molar-refractivity contribution in [1.29, 1.82) is 0 Å². The van der Waals surface area contributed by atoms with Crippen LogP contribution in [-0.4, -0.2) is 27.4 Å². The van der Waals surface area contributed by atoms with Gasteiger partial charge in [0, 0.05) is 12.2 Å². The molecule has 0 aromatic heterocycles. The monoisotopic (exact) mass is 227 g/mol. The molecule has 1 unspecified atom stereocenters. The summed E-state index contributed by atoms with van der Waals surface area (Å²) < 4.78 is 24.2. The van der Waals surface area contributed by atoms with Crippen molar-refractivity contribution in [3.63, 3.8) is 0 Å². The number of nitrogens with one attached hydrogen (secondary N) is 1. The largest absolute Gasteiger partial charge is 0.494 e. The first-order valence-electron chi connectivity index (χ1n) is 5.32. The topological polar surface area (TPSA) is 30.5 Å². The molecule has 0 spiro atoms. The molecule has 4 heteroatoms. The molecule has 0 saturated carbocycles. The van der Waals surface area contributed by atoms with Gasteiger partial charge in [0.25, 0.3) is 0 Å². The molecule has 0 aliphatic heterocycles. The predicted molar refractivity (Wildman–Crippen MR) is 61.2 cm³/mol. The maximum absolute atomic E-state index is 13.9. The van der Waals surface area contributed by atoms with Crippen LogP contribution in [0.2, 0.25) is 0 Å². The second-order valence-electron chi connectivity index (χ2n) is 3.36. The zero-order valence-corrected chi connectivity index (χ0v) is 9.92. The summed E-state index contributed by atoms with van der Waals surface area (Å²) in [7, 11) is 3.24. The Kier molecular flexibility index (Phi) is 5.22.